The minimum Gasteiger partial charge on any atom is -2.00 e. The smallest absolute Gasteiger partial charge is 0.260 e. The Labute approximate surface area is 244 Å². The van der Waals surface area contributed by atoms with E-state index in [4.69, 9.17) is 15.3 Å². The van der Waals surface area contributed by atoms with Crippen molar-refractivity contribution in [3.05, 3.63) is 96.3 Å². The van der Waals surface area contributed by atoms with Crippen molar-refractivity contribution in [1.29, 1.82) is 0 Å². The van der Waals surface area contributed by atoms with Gasteiger partial charge in [-0.2, -0.15) is 0 Å². The Kier molecular flexibility index (Phi) is 12.9. The molecule has 39 heavy (non-hydrogen) atoms. The summed E-state index contributed by atoms with van der Waals surface area (Å²) in [6, 6.07) is 19.1. The van der Waals surface area contributed by atoms with Crippen LogP contribution in [0.2, 0.25) is 0 Å². The monoisotopic (exact) mass is 611 g/mol. The topological polar surface area (TPSA) is 134 Å². The second-order valence-corrected chi connectivity index (χ2v) is 9.95. The van der Waals surface area contributed by atoms with Crippen LogP contribution >= 0.6 is 0 Å². The predicted octanol–water partition coefficient (Wildman–Crippen LogP) is 5.25. The summed E-state index contributed by atoms with van der Waals surface area (Å²) in [4.78, 5) is 0. The van der Waals surface area contributed by atoms with E-state index in [1.807, 2.05) is 62.7 Å². The van der Waals surface area contributed by atoms with E-state index in [9.17, 15) is 5.11 Å². The van der Waals surface area contributed by atoms with Crippen molar-refractivity contribution in [1.82, 2.24) is 29.1 Å². The largest absolute Gasteiger partial charge is 2.00 e. The number of hydrogen-bond acceptors (Lipinski definition) is 4. The summed E-state index contributed by atoms with van der Waals surface area (Å²) in [5.41, 5.74) is 3.20. The van der Waals surface area contributed by atoms with E-state index in [2.05, 4.69) is 59.7 Å². The molecule has 9 nitrogen and oxygen atoms in total. The van der Waals surface area contributed by atoms with Crippen molar-refractivity contribution < 1.29 is 37.1 Å². The molecule has 0 saturated carbocycles. The Morgan fingerprint density at radius 3 is 1.33 bits per heavy atom. The maximum absolute atomic E-state index is 11.2. The first kappa shape index (κ1) is 33.8. The van der Waals surface area contributed by atoms with Crippen molar-refractivity contribution >= 4 is 17.9 Å². The molecule has 209 valence electrons. The van der Waals surface area contributed by atoms with Gasteiger partial charge >= 0.3 is 0 Å². The van der Waals surface area contributed by atoms with Crippen LogP contribution in [0.4, 0.5) is 0 Å². The van der Waals surface area contributed by atoms with Crippen LogP contribution in [0.15, 0.2) is 79.3 Å². The molecular weight excluding hydrogens is 575 g/mol. The second-order valence-electron chi connectivity index (χ2n) is 9.95. The third-order valence-corrected chi connectivity index (χ3v) is 6.12. The fourth-order valence-electron chi connectivity index (χ4n) is 3.93. The van der Waals surface area contributed by atoms with Crippen LogP contribution in [0.5, 0.6) is 5.75 Å². The zero-order chi connectivity index (χ0) is 25.8. The Morgan fingerprint density at radius 2 is 0.974 bits per heavy atom. The molecule has 5 aromatic rings. The van der Waals surface area contributed by atoms with Gasteiger partial charge in [-0.15, -0.1) is 5.75 Å². The van der Waals surface area contributed by atoms with Gasteiger partial charge in [0, 0.05) is 21.1 Å². The summed E-state index contributed by atoms with van der Waals surface area (Å²) in [6.45, 7) is 12.9. The molecule has 2 aromatic carbocycles. The molecule has 11 heteroatoms. The maximum atomic E-state index is 11.2. The summed E-state index contributed by atoms with van der Waals surface area (Å²) in [5.74, 6) is 1.25. The number of fused-ring (bicyclic) bond motifs is 1. The average molecular weight is 609 g/mol. The molecule has 3 aromatic heterocycles. The van der Waals surface area contributed by atoms with Crippen LogP contribution in [0.25, 0.3) is 10.8 Å². The van der Waals surface area contributed by atoms with Gasteiger partial charge in [-0.3, -0.25) is 0 Å². The first-order valence-electron chi connectivity index (χ1n) is 12.5. The van der Waals surface area contributed by atoms with E-state index < -0.39 is 0 Å². The Bertz CT molecular complexity index is 1310. The van der Waals surface area contributed by atoms with Crippen LogP contribution in [-0.2, 0) is 32.0 Å². The first-order valence-corrected chi connectivity index (χ1v) is 12.5. The molecular formula is C28H34BMoN6O3-6. The van der Waals surface area contributed by atoms with Gasteiger partial charge in [-0.1, -0.05) is 84.0 Å². The van der Waals surface area contributed by atoms with Gasteiger partial charge in [0.1, 0.15) is 0 Å². The van der Waals surface area contributed by atoms with Gasteiger partial charge in [0.25, 0.3) is 7.12 Å². The molecule has 0 aliphatic heterocycles. The van der Waals surface area contributed by atoms with Crippen molar-refractivity contribution in [2.45, 2.75) is 59.3 Å². The molecule has 3 heterocycles. The molecule has 0 bridgehead atoms. The molecule has 0 N–H and O–H groups in total. The molecule has 0 aliphatic rings. The van der Waals surface area contributed by atoms with Crippen LogP contribution in [0, 0.1) is 0 Å². The van der Waals surface area contributed by atoms with E-state index in [1.54, 1.807) is 12.1 Å². The molecule has 0 fully saturated rings. The van der Waals surface area contributed by atoms with Gasteiger partial charge in [0.15, 0.2) is 0 Å². The van der Waals surface area contributed by atoms with Crippen LogP contribution in [0.1, 0.15) is 76.4 Å². The van der Waals surface area contributed by atoms with Crippen LogP contribution in [-0.4, -0.2) is 36.2 Å². The summed E-state index contributed by atoms with van der Waals surface area (Å²) >= 11 is 0. The van der Waals surface area contributed by atoms with Crippen molar-refractivity contribution in [2.24, 2.45) is 0 Å². The fraction of sp³-hybridized carbons (Fsp3) is 0.321. The van der Waals surface area contributed by atoms with Crippen molar-refractivity contribution in [3.8, 4) is 5.75 Å². The number of nitrogens with zero attached hydrogens (tertiary/aromatic N) is 6. The average Bonchev–Trinajstić information content (AvgIpc) is 3.62. The number of rotatable bonds is 6. The zero-order valence-electron chi connectivity index (χ0n) is 23.1. The minimum absolute atomic E-state index is 0. The van der Waals surface area contributed by atoms with E-state index in [0.29, 0.717) is 17.8 Å². The molecule has 0 spiro atoms. The normalized spacial score (nSPS) is 10.7. The molecule has 0 atom stereocenters. The Morgan fingerprint density at radius 1 is 0.590 bits per heavy atom. The van der Waals surface area contributed by atoms with Crippen molar-refractivity contribution in [3.63, 3.8) is 0 Å². The molecule has 5 rings (SSSR count). The molecule has 1 radical (unpaired) electrons. The second kappa shape index (κ2) is 14.8. The summed E-state index contributed by atoms with van der Waals surface area (Å²) in [5, 5.41) is 27.3. The summed E-state index contributed by atoms with van der Waals surface area (Å²) in [6.07, 6.45) is 6.02. The van der Waals surface area contributed by atoms with Gasteiger partial charge in [0.05, 0.1) is 17.1 Å². The Balaban J connectivity index is 0.000000460. The fourth-order valence-corrected chi connectivity index (χ4v) is 3.93. The molecule has 0 unspecified atom stereocenters. The van der Waals surface area contributed by atoms with Gasteiger partial charge in [0.2, 0.25) is 0 Å². The first-order chi connectivity index (χ1) is 17.2. The van der Waals surface area contributed by atoms with Gasteiger partial charge < -0.3 is 29.8 Å². The standard InChI is InChI=1S/C18H27BN6.C10H8O.Mo.2O/c1-13(2)16-7-10-23(20-16)19(24-11-8-17(21-24)14(3)4)25-12-9-18(22-25)15(5)6;11-10-7-3-5-8-4-1-2-6-9(8)10;;;/h7-15H,1-6H3;1-7,11H;;;/q-1;;;2*-2/p-1. The summed E-state index contributed by atoms with van der Waals surface area (Å²) < 4.78 is 5.80. The van der Waals surface area contributed by atoms with E-state index in [1.165, 1.54) is 0 Å². The van der Waals surface area contributed by atoms with Gasteiger partial charge in [-0.25, -0.2) is 15.3 Å². The maximum Gasteiger partial charge on any atom is 0.260 e. The minimum atomic E-state index is -0.243. The number of aromatic nitrogens is 6. The SMILES string of the molecule is CC(C)c1ccn([B-](n2ccc(C(C)C)n2)n2ccc(C(C)C)n2)n1.[Mo].[O-2].[O-2].[O-]c1cccc2ccccc12. The summed E-state index contributed by atoms with van der Waals surface area (Å²) in [7, 11) is -0.243. The van der Waals surface area contributed by atoms with Crippen molar-refractivity contribution in [2.75, 3.05) is 0 Å². The van der Waals surface area contributed by atoms with E-state index in [0.717, 1.165) is 27.9 Å². The van der Waals surface area contributed by atoms with E-state index >= 15 is 0 Å². The third kappa shape index (κ3) is 7.91. The number of benzene rings is 2. The van der Waals surface area contributed by atoms with Crippen LogP contribution in [0.3, 0.4) is 0 Å². The number of hydrogen-bond donors (Lipinski definition) is 0. The van der Waals surface area contributed by atoms with Crippen LogP contribution < -0.4 is 5.11 Å². The Hall–Kier alpha value is -3.20. The molecule has 0 saturated heterocycles. The molecule has 0 aliphatic carbocycles. The third-order valence-electron chi connectivity index (χ3n) is 6.12. The zero-order valence-corrected chi connectivity index (χ0v) is 25.1. The van der Waals surface area contributed by atoms with Gasteiger partial charge in [-0.05, 0) is 65.3 Å². The van der Waals surface area contributed by atoms with E-state index in [-0.39, 0.29) is 44.9 Å². The quantitative estimate of drug-likeness (QED) is 0.243. The molecule has 0 amide bonds. The predicted molar refractivity (Wildman–Crippen MR) is 146 cm³/mol.